The largest absolute Gasteiger partial charge is 0.298 e. The molecule has 0 fully saturated rings. The molecule has 3 heterocycles. The molecular formula is C17H15N5OS. The number of hydrogen-bond donors (Lipinski definition) is 1. The molecule has 1 N–H and O–H groups in total. The number of rotatable bonds is 1. The lowest BCUT2D eigenvalue weighted by Gasteiger charge is -2.33. The number of aryl methyl sites for hydroxylation is 1. The summed E-state index contributed by atoms with van der Waals surface area (Å²) in [5.41, 5.74) is 2.17. The number of benzene rings is 1. The van der Waals surface area contributed by atoms with Gasteiger partial charge in [-0.05, 0) is 31.4 Å². The maximum atomic E-state index is 12.7. The van der Waals surface area contributed by atoms with Crippen molar-refractivity contribution in [2.75, 3.05) is 6.26 Å². The summed E-state index contributed by atoms with van der Waals surface area (Å²) in [6.45, 7) is 1.93. The lowest BCUT2D eigenvalue weighted by molar-refractivity contribution is -0.116. The van der Waals surface area contributed by atoms with E-state index >= 15 is 0 Å². The Kier molecular flexibility index (Phi) is 3.57. The predicted molar refractivity (Wildman–Crippen MR) is 93.3 cm³/mol. The van der Waals surface area contributed by atoms with Crippen molar-refractivity contribution < 1.29 is 4.79 Å². The van der Waals surface area contributed by atoms with Crippen LogP contribution in [0.15, 0.2) is 52.6 Å². The normalized spacial score (nSPS) is 19.0. The minimum Gasteiger partial charge on any atom is -0.298 e. The van der Waals surface area contributed by atoms with E-state index in [-0.39, 0.29) is 5.91 Å². The summed E-state index contributed by atoms with van der Waals surface area (Å²) in [6, 6.07) is 13.4. The number of thioether (sulfide) groups is 1. The van der Waals surface area contributed by atoms with Crippen LogP contribution in [0, 0.1) is 6.92 Å². The molecule has 2 aromatic rings. The molecule has 0 bridgehead atoms. The van der Waals surface area contributed by atoms with Crippen molar-refractivity contribution in [2.24, 2.45) is 10.1 Å². The van der Waals surface area contributed by atoms with E-state index in [9.17, 15) is 4.79 Å². The molecule has 4 rings (SSSR count). The Morgan fingerprint density at radius 1 is 1.17 bits per heavy atom. The highest BCUT2D eigenvalue weighted by Gasteiger charge is 2.34. The molecular weight excluding hydrogens is 322 g/mol. The first-order valence-corrected chi connectivity index (χ1v) is 8.74. The number of hydrogen-bond acceptors (Lipinski definition) is 6. The Hall–Kier alpha value is -2.67. The molecule has 0 unspecified atom stereocenters. The number of nitrogens with zero attached hydrogens (tertiary/aromatic N) is 4. The fourth-order valence-corrected chi connectivity index (χ4v) is 3.18. The number of fused-ring (bicyclic) bond motifs is 2. The second-order valence-corrected chi connectivity index (χ2v) is 6.28. The van der Waals surface area contributed by atoms with Gasteiger partial charge in [-0.25, -0.2) is 5.01 Å². The number of aromatic nitrogens is 1. The van der Waals surface area contributed by atoms with Crippen LogP contribution in [0.4, 0.5) is 0 Å². The van der Waals surface area contributed by atoms with Crippen LogP contribution in [0.2, 0.25) is 0 Å². The van der Waals surface area contributed by atoms with E-state index in [1.54, 1.807) is 5.01 Å². The molecule has 1 amide bonds. The summed E-state index contributed by atoms with van der Waals surface area (Å²) in [5, 5.41) is 11.2. The van der Waals surface area contributed by atoms with E-state index in [4.69, 9.17) is 4.99 Å². The van der Waals surface area contributed by atoms with Gasteiger partial charge < -0.3 is 0 Å². The van der Waals surface area contributed by atoms with Crippen molar-refractivity contribution in [1.29, 1.82) is 0 Å². The van der Waals surface area contributed by atoms with Gasteiger partial charge in [0, 0.05) is 10.9 Å². The number of amides is 1. The second kappa shape index (κ2) is 5.76. The fraction of sp³-hybridized carbons (Fsp3) is 0.176. The minimum atomic E-state index is -0.456. The summed E-state index contributed by atoms with van der Waals surface area (Å²) in [7, 11) is 0. The van der Waals surface area contributed by atoms with E-state index in [1.165, 1.54) is 11.8 Å². The molecule has 1 aromatic carbocycles. The van der Waals surface area contributed by atoms with Crippen molar-refractivity contribution in [1.82, 2.24) is 15.3 Å². The SMILES string of the molecule is CSC1=NN2C(=c3ccccc3=N[C@H]2c2cccc(C)n2)C(=O)N1. The molecule has 0 aliphatic carbocycles. The Morgan fingerprint density at radius 2 is 2.00 bits per heavy atom. The van der Waals surface area contributed by atoms with Gasteiger partial charge in [0.2, 0.25) is 0 Å². The molecule has 0 saturated carbocycles. The summed E-state index contributed by atoms with van der Waals surface area (Å²) in [6.07, 6.45) is 1.42. The molecule has 120 valence electrons. The number of para-hydroxylation sites is 1. The fourth-order valence-electron chi connectivity index (χ4n) is 2.82. The maximum Gasteiger partial charge on any atom is 0.276 e. The van der Waals surface area contributed by atoms with Crippen LogP contribution in [0.25, 0.3) is 5.70 Å². The second-order valence-electron chi connectivity index (χ2n) is 5.48. The molecule has 0 spiro atoms. The smallest absolute Gasteiger partial charge is 0.276 e. The molecule has 24 heavy (non-hydrogen) atoms. The predicted octanol–water partition coefficient (Wildman–Crippen LogP) is 0.896. The molecule has 0 saturated heterocycles. The van der Waals surface area contributed by atoms with Gasteiger partial charge >= 0.3 is 0 Å². The van der Waals surface area contributed by atoms with Gasteiger partial charge in [0.05, 0.1) is 11.1 Å². The molecule has 6 nitrogen and oxygen atoms in total. The monoisotopic (exact) mass is 337 g/mol. The average molecular weight is 337 g/mol. The van der Waals surface area contributed by atoms with Crippen LogP contribution >= 0.6 is 11.8 Å². The van der Waals surface area contributed by atoms with Gasteiger partial charge in [0.15, 0.2) is 11.3 Å². The molecule has 0 radical (unpaired) electrons. The molecule has 2 aliphatic heterocycles. The molecule has 2 aliphatic rings. The summed E-state index contributed by atoms with van der Waals surface area (Å²) in [4.78, 5) is 22.0. The number of nitrogens with one attached hydrogen (secondary N) is 1. The number of carbonyl (C=O) groups is 1. The topological polar surface area (TPSA) is 70.0 Å². The molecule has 1 atom stereocenters. The van der Waals surface area contributed by atoms with Crippen molar-refractivity contribution >= 4 is 28.5 Å². The third kappa shape index (κ3) is 2.37. The number of amidine groups is 1. The summed E-state index contributed by atoms with van der Waals surface area (Å²) < 4.78 is 0. The van der Waals surface area contributed by atoms with E-state index in [0.29, 0.717) is 10.9 Å². The first-order chi connectivity index (χ1) is 11.7. The van der Waals surface area contributed by atoms with Gasteiger partial charge in [-0.1, -0.05) is 36.0 Å². The van der Waals surface area contributed by atoms with Crippen molar-refractivity contribution in [3.05, 3.63) is 64.4 Å². The first-order valence-electron chi connectivity index (χ1n) is 7.51. The highest BCUT2D eigenvalue weighted by Crippen LogP contribution is 2.29. The number of pyridine rings is 1. The summed E-state index contributed by atoms with van der Waals surface area (Å²) in [5.74, 6) is -0.172. The Balaban J connectivity index is 1.99. The van der Waals surface area contributed by atoms with Gasteiger partial charge in [0.25, 0.3) is 5.91 Å². The highest BCUT2D eigenvalue weighted by molar-refractivity contribution is 8.13. The minimum absolute atomic E-state index is 0.172. The zero-order valence-electron chi connectivity index (χ0n) is 13.2. The molecule has 1 aromatic heterocycles. The van der Waals surface area contributed by atoms with Gasteiger partial charge in [0.1, 0.15) is 5.70 Å². The quantitative estimate of drug-likeness (QED) is 0.839. The molecule has 7 heteroatoms. The van der Waals surface area contributed by atoms with E-state index in [2.05, 4.69) is 15.4 Å². The van der Waals surface area contributed by atoms with E-state index in [0.717, 1.165) is 22.0 Å². The standard InChI is InChI=1S/C17H15N5OS/c1-10-6-5-9-13(18-10)15-19-12-8-4-3-7-11(12)14-16(23)20-17(24-2)21-22(14)15/h3-9,15H,1-2H3,(H,20,21,23)/t15-/m1/s1. The Labute approximate surface area is 143 Å². The lowest BCUT2D eigenvalue weighted by Crippen LogP contribution is -2.50. The maximum absolute atomic E-state index is 12.7. The van der Waals surface area contributed by atoms with Crippen LogP contribution in [0.5, 0.6) is 0 Å². The Morgan fingerprint density at radius 3 is 2.79 bits per heavy atom. The number of hydrazone groups is 1. The number of carbonyl (C=O) groups excluding carboxylic acids is 1. The van der Waals surface area contributed by atoms with E-state index in [1.807, 2.05) is 55.6 Å². The van der Waals surface area contributed by atoms with Crippen molar-refractivity contribution in [3.8, 4) is 0 Å². The highest BCUT2D eigenvalue weighted by atomic mass is 32.2. The summed E-state index contributed by atoms with van der Waals surface area (Å²) >= 11 is 1.39. The first kappa shape index (κ1) is 14.9. The third-order valence-electron chi connectivity index (χ3n) is 3.88. The average Bonchev–Trinajstić information content (AvgIpc) is 2.60. The lowest BCUT2D eigenvalue weighted by atomic mass is 10.1. The third-order valence-corrected chi connectivity index (χ3v) is 4.45. The van der Waals surface area contributed by atoms with Gasteiger partial charge in [-0.3, -0.25) is 20.1 Å². The van der Waals surface area contributed by atoms with Crippen LogP contribution in [-0.4, -0.2) is 27.3 Å². The zero-order valence-corrected chi connectivity index (χ0v) is 14.0. The van der Waals surface area contributed by atoms with Gasteiger partial charge in [-0.15, -0.1) is 5.10 Å². The van der Waals surface area contributed by atoms with Crippen LogP contribution in [-0.2, 0) is 4.79 Å². The van der Waals surface area contributed by atoms with Crippen LogP contribution in [0.3, 0.4) is 0 Å². The van der Waals surface area contributed by atoms with Gasteiger partial charge in [-0.2, -0.15) is 0 Å². The van der Waals surface area contributed by atoms with Crippen LogP contribution < -0.4 is 15.9 Å². The van der Waals surface area contributed by atoms with Crippen molar-refractivity contribution in [3.63, 3.8) is 0 Å². The van der Waals surface area contributed by atoms with Crippen LogP contribution in [0.1, 0.15) is 17.6 Å². The van der Waals surface area contributed by atoms with E-state index < -0.39 is 6.17 Å². The Bertz CT molecular complexity index is 984. The van der Waals surface area contributed by atoms with Crippen molar-refractivity contribution in [2.45, 2.75) is 13.1 Å². The zero-order chi connectivity index (χ0) is 16.7.